The van der Waals surface area contributed by atoms with Gasteiger partial charge in [-0.05, 0) is 53.3 Å². The van der Waals surface area contributed by atoms with Crippen LogP contribution in [-0.2, 0) is 6.42 Å². The third-order valence-electron chi connectivity index (χ3n) is 6.32. The Morgan fingerprint density at radius 3 is 2.25 bits per heavy atom. The van der Waals surface area contributed by atoms with Crippen LogP contribution in [0.5, 0.6) is 0 Å². The van der Waals surface area contributed by atoms with E-state index in [1.165, 1.54) is 11.1 Å². The lowest BCUT2D eigenvalue weighted by Crippen LogP contribution is -2.29. The van der Waals surface area contributed by atoms with Gasteiger partial charge in [0.15, 0.2) is 5.43 Å². The van der Waals surface area contributed by atoms with Gasteiger partial charge in [-0.3, -0.25) is 14.5 Å². The Labute approximate surface area is 187 Å². The molecule has 4 nitrogen and oxygen atoms in total. The minimum Gasteiger partial charge on any atom is -0.450 e. The Morgan fingerprint density at radius 2 is 1.59 bits per heavy atom. The Bertz CT molecular complexity index is 1360. The maximum atomic E-state index is 13.6. The molecule has 1 aliphatic heterocycles. The fraction of sp³-hybridized carbons (Fsp3) is 0.214. The number of hydrogen-bond donors (Lipinski definition) is 0. The van der Waals surface area contributed by atoms with Crippen molar-refractivity contribution in [3.8, 4) is 0 Å². The SMILES string of the molecule is CCc1ccc(N2C(=O)c3oc4ccccc4c(=O)c3C2c2ccc(C(C)C)cc2)cc1. The number of fused-ring (bicyclic) bond motifs is 2. The second-order valence-corrected chi connectivity index (χ2v) is 8.59. The van der Waals surface area contributed by atoms with Gasteiger partial charge in [-0.1, -0.05) is 69.3 Å². The molecule has 5 rings (SSSR count). The van der Waals surface area contributed by atoms with E-state index in [0.29, 0.717) is 22.5 Å². The van der Waals surface area contributed by atoms with Crippen LogP contribution in [0.2, 0.25) is 0 Å². The van der Waals surface area contributed by atoms with Crippen LogP contribution >= 0.6 is 0 Å². The van der Waals surface area contributed by atoms with E-state index in [2.05, 4.69) is 32.9 Å². The van der Waals surface area contributed by atoms with Gasteiger partial charge >= 0.3 is 0 Å². The minimum absolute atomic E-state index is 0.131. The number of rotatable bonds is 4. The summed E-state index contributed by atoms with van der Waals surface area (Å²) >= 11 is 0. The quantitative estimate of drug-likeness (QED) is 0.391. The van der Waals surface area contributed by atoms with Crippen molar-refractivity contribution in [1.29, 1.82) is 0 Å². The minimum atomic E-state index is -0.535. The number of anilines is 1. The van der Waals surface area contributed by atoms with E-state index in [1.54, 1.807) is 23.1 Å². The van der Waals surface area contributed by atoms with Gasteiger partial charge in [-0.25, -0.2) is 0 Å². The molecule has 0 saturated heterocycles. The van der Waals surface area contributed by atoms with Crippen LogP contribution in [0.4, 0.5) is 5.69 Å². The van der Waals surface area contributed by atoms with Crippen LogP contribution in [-0.4, -0.2) is 5.91 Å². The second kappa shape index (κ2) is 7.79. The molecule has 0 radical (unpaired) electrons. The topological polar surface area (TPSA) is 50.5 Å². The lowest BCUT2D eigenvalue weighted by atomic mass is 9.95. The van der Waals surface area contributed by atoms with Gasteiger partial charge in [0.25, 0.3) is 5.91 Å². The number of benzene rings is 3. The van der Waals surface area contributed by atoms with Crippen LogP contribution in [0.1, 0.15) is 65.5 Å². The van der Waals surface area contributed by atoms with Crippen LogP contribution in [0, 0.1) is 0 Å². The molecular formula is C28H25NO3. The fourth-order valence-electron chi connectivity index (χ4n) is 4.46. The monoisotopic (exact) mass is 423 g/mol. The van der Waals surface area contributed by atoms with E-state index >= 15 is 0 Å². The number of amides is 1. The lowest BCUT2D eigenvalue weighted by molar-refractivity contribution is 0.0971. The Kier molecular flexibility index (Phi) is 4.93. The zero-order chi connectivity index (χ0) is 22.4. The van der Waals surface area contributed by atoms with Crippen molar-refractivity contribution in [2.45, 2.75) is 39.2 Å². The number of carbonyl (C=O) groups is 1. The molecule has 1 unspecified atom stereocenters. The zero-order valence-electron chi connectivity index (χ0n) is 18.5. The van der Waals surface area contributed by atoms with Gasteiger partial charge in [-0.15, -0.1) is 0 Å². The largest absolute Gasteiger partial charge is 0.450 e. The third kappa shape index (κ3) is 3.14. The summed E-state index contributed by atoms with van der Waals surface area (Å²) in [6.45, 7) is 6.39. The van der Waals surface area contributed by atoms with Crippen molar-refractivity contribution in [1.82, 2.24) is 0 Å². The summed E-state index contributed by atoms with van der Waals surface area (Å²) < 4.78 is 6.02. The van der Waals surface area contributed by atoms with Crippen molar-refractivity contribution < 1.29 is 9.21 Å². The molecule has 32 heavy (non-hydrogen) atoms. The molecule has 0 spiro atoms. The first-order valence-electron chi connectivity index (χ1n) is 11.1. The lowest BCUT2D eigenvalue weighted by Gasteiger charge is -2.25. The van der Waals surface area contributed by atoms with Crippen molar-refractivity contribution >= 4 is 22.6 Å². The number of nitrogens with zero attached hydrogens (tertiary/aromatic N) is 1. The van der Waals surface area contributed by atoms with Gasteiger partial charge in [0.2, 0.25) is 5.76 Å². The highest BCUT2D eigenvalue weighted by atomic mass is 16.3. The first-order valence-corrected chi connectivity index (χ1v) is 11.1. The van der Waals surface area contributed by atoms with E-state index in [0.717, 1.165) is 17.7 Å². The molecule has 1 amide bonds. The molecule has 1 aliphatic rings. The van der Waals surface area contributed by atoms with E-state index in [1.807, 2.05) is 42.5 Å². The van der Waals surface area contributed by atoms with Crippen molar-refractivity contribution in [3.05, 3.63) is 111 Å². The Balaban J connectivity index is 1.75. The highest BCUT2D eigenvalue weighted by molar-refractivity contribution is 6.10. The van der Waals surface area contributed by atoms with Crippen LogP contribution in [0.3, 0.4) is 0 Å². The number of carbonyl (C=O) groups excluding carboxylic acids is 1. The van der Waals surface area contributed by atoms with E-state index < -0.39 is 6.04 Å². The van der Waals surface area contributed by atoms with Gasteiger partial charge < -0.3 is 4.42 Å². The van der Waals surface area contributed by atoms with E-state index in [4.69, 9.17) is 4.42 Å². The normalized spacial score (nSPS) is 15.6. The summed E-state index contributed by atoms with van der Waals surface area (Å²) in [7, 11) is 0. The zero-order valence-corrected chi connectivity index (χ0v) is 18.5. The molecule has 1 atom stereocenters. The summed E-state index contributed by atoms with van der Waals surface area (Å²) in [5, 5.41) is 0.492. The molecule has 3 aromatic carbocycles. The maximum Gasteiger partial charge on any atom is 0.295 e. The van der Waals surface area contributed by atoms with Crippen LogP contribution in [0.15, 0.2) is 82.0 Å². The first-order chi connectivity index (χ1) is 15.5. The molecular weight excluding hydrogens is 398 g/mol. The van der Waals surface area contributed by atoms with Gasteiger partial charge in [0, 0.05) is 5.69 Å². The summed E-state index contributed by atoms with van der Waals surface area (Å²) in [5.74, 6) is 0.240. The summed E-state index contributed by atoms with van der Waals surface area (Å²) in [6, 6.07) is 22.7. The fourth-order valence-corrected chi connectivity index (χ4v) is 4.46. The molecule has 160 valence electrons. The first kappa shape index (κ1) is 20.3. The summed E-state index contributed by atoms with van der Waals surface area (Å²) in [6.07, 6.45) is 0.917. The standard InChI is InChI=1S/C28H25NO3/c1-4-18-9-15-21(16-10-18)29-25(20-13-11-19(12-14-20)17(2)3)24-26(30)22-7-5-6-8-23(22)32-27(24)28(29)31/h5-17,25H,4H2,1-3H3. The van der Waals surface area contributed by atoms with Crippen LogP contribution < -0.4 is 10.3 Å². The predicted octanol–water partition coefficient (Wildman–Crippen LogP) is 6.23. The molecule has 4 heteroatoms. The van der Waals surface area contributed by atoms with Crippen molar-refractivity contribution in [3.63, 3.8) is 0 Å². The highest BCUT2D eigenvalue weighted by Crippen LogP contribution is 2.41. The molecule has 2 heterocycles. The van der Waals surface area contributed by atoms with E-state index in [-0.39, 0.29) is 17.1 Å². The second-order valence-electron chi connectivity index (χ2n) is 8.59. The van der Waals surface area contributed by atoms with Crippen molar-refractivity contribution in [2.75, 3.05) is 4.90 Å². The average molecular weight is 424 g/mol. The van der Waals surface area contributed by atoms with Crippen LogP contribution in [0.25, 0.3) is 11.0 Å². The third-order valence-corrected chi connectivity index (χ3v) is 6.32. The molecule has 0 bridgehead atoms. The molecule has 4 aromatic rings. The summed E-state index contributed by atoms with van der Waals surface area (Å²) in [4.78, 5) is 28.9. The Hall–Kier alpha value is -3.66. The molecule has 0 N–H and O–H groups in total. The maximum absolute atomic E-state index is 13.6. The number of hydrogen-bond acceptors (Lipinski definition) is 3. The highest BCUT2D eigenvalue weighted by Gasteiger charge is 2.43. The van der Waals surface area contributed by atoms with Gasteiger partial charge in [0.05, 0.1) is 17.0 Å². The molecule has 1 aromatic heterocycles. The van der Waals surface area contributed by atoms with Gasteiger partial charge in [0.1, 0.15) is 5.58 Å². The predicted molar refractivity (Wildman–Crippen MR) is 127 cm³/mol. The van der Waals surface area contributed by atoms with Gasteiger partial charge in [-0.2, -0.15) is 0 Å². The molecule has 0 saturated carbocycles. The van der Waals surface area contributed by atoms with E-state index in [9.17, 15) is 9.59 Å². The van der Waals surface area contributed by atoms with Crippen molar-refractivity contribution in [2.24, 2.45) is 0 Å². The summed E-state index contributed by atoms with van der Waals surface area (Å²) in [5.41, 5.74) is 4.73. The average Bonchev–Trinajstić information content (AvgIpc) is 3.12. The Morgan fingerprint density at radius 1 is 0.906 bits per heavy atom. The number of para-hydroxylation sites is 1. The number of aryl methyl sites for hydroxylation is 1. The molecule has 0 fully saturated rings. The molecule has 0 aliphatic carbocycles. The smallest absolute Gasteiger partial charge is 0.295 e.